The van der Waals surface area contributed by atoms with E-state index in [0.29, 0.717) is 17.1 Å². The van der Waals surface area contributed by atoms with Crippen molar-refractivity contribution in [3.63, 3.8) is 0 Å². The van der Waals surface area contributed by atoms with Crippen LogP contribution in [0.5, 0.6) is 0 Å². The first-order valence-corrected chi connectivity index (χ1v) is 14.7. The van der Waals surface area contributed by atoms with Crippen LogP contribution in [0.2, 0.25) is 0 Å². The van der Waals surface area contributed by atoms with Gasteiger partial charge >= 0.3 is 0 Å². The summed E-state index contributed by atoms with van der Waals surface area (Å²) in [7, 11) is 1.94. The number of anilines is 1. The van der Waals surface area contributed by atoms with Crippen LogP contribution >= 0.6 is 13.5 Å². The number of H-pyrrole nitrogens is 1. The molecule has 0 spiro atoms. The quantitative estimate of drug-likeness (QED) is 0.186. The molecule has 0 saturated heterocycles. The molecule has 4 heterocycles. The third-order valence-corrected chi connectivity index (χ3v) is 7.34. The summed E-state index contributed by atoms with van der Waals surface area (Å²) in [6.45, 7) is 2.62. The Morgan fingerprint density at radius 3 is 2.34 bits per heavy atom. The molecule has 7 aromatic rings. The molecule has 10 nitrogen and oxygen atoms in total. The molecule has 0 unspecified atom stereocenters. The van der Waals surface area contributed by atoms with E-state index in [1.54, 1.807) is 30.5 Å². The van der Waals surface area contributed by atoms with E-state index in [2.05, 4.69) is 56.4 Å². The first-order valence-electron chi connectivity index (χ1n) is 14.7. The van der Waals surface area contributed by atoms with Crippen molar-refractivity contribution in [2.24, 2.45) is 0 Å². The second-order valence-electron chi connectivity index (χ2n) is 10.6. The number of pyridine rings is 2. The third-order valence-electron chi connectivity index (χ3n) is 7.34. The number of benzene rings is 3. The van der Waals surface area contributed by atoms with Crippen LogP contribution in [-0.2, 0) is 6.54 Å². The zero-order valence-electron chi connectivity index (χ0n) is 25.9. The maximum atomic E-state index is 11.5. The zero-order valence-corrected chi connectivity index (χ0v) is 26.9. The minimum Gasteiger partial charge on any atom is -0.383 e. The Labute approximate surface area is 278 Å². The number of nitrogens with two attached hydrogens (primary N) is 1. The number of nitrogens with zero attached hydrogens (tertiary/aromatic N) is 5. The molecular formula is C36H34N8O2S. The standard InChI is InChI=1S/C25H22N6.C11H10N2O2.H2S/c1-27-16-17-9-11-19(12-10-17)31-24(20-8-5-15-28-23(20)26)30-22-14-13-21(29-25(22)31)18-6-3-2-4-7-18;1-8-5-11(15)13(12-8)10-4-2-3-9(6-10)7-14;/h2-15,27H,16H2,1H3,(H2,26,28);2-7,12H,1H3;1H2. The summed E-state index contributed by atoms with van der Waals surface area (Å²) < 4.78 is 3.46. The van der Waals surface area contributed by atoms with Crippen molar-refractivity contribution in [1.29, 1.82) is 0 Å². The van der Waals surface area contributed by atoms with Gasteiger partial charge in [-0.1, -0.05) is 54.6 Å². The van der Waals surface area contributed by atoms with Gasteiger partial charge in [-0.3, -0.25) is 19.3 Å². The molecule has 0 aliphatic rings. The lowest BCUT2D eigenvalue weighted by atomic mass is 10.1. The van der Waals surface area contributed by atoms with Crippen LogP contribution in [0.1, 0.15) is 21.6 Å². The minimum absolute atomic E-state index is 0. The minimum atomic E-state index is -0.129. The molecule has 4 N–H and O–H groups in total. The summed E-state index contributed by atoms with van der Waals surface area (Å²) in [6, 6.07) is 34.7. The molecule has 3 aromatic carbocycles. The number of carbonyl (C=O) groups is 1. The Morgan fingerprint density at radius 2 is 1.66 bits per heavy atom. The number of aldehydes is 1. The van der Waals surface area contributed by atoms with Crippen molar-refractivity contribution in [2.45, 2.75) is 13.5 Å². The Hall–Kier alpha value is -5.78. The van der Waals surface area contributed by atoms with Gasteiger partial charge < -0.3 is 11.1 Å². The van der Waals surface area contributed by atoms with E-state index in [0.717, 1.165) is 58.0 Å². The first-order chi connectivity index (χ1) is 22.4. The maximum absolute atomic E-state index is 11.5. The topological polar surface area (TPSA) is 137 Å². The SMILES string of the molecule is CNCc1ccc(-n2c(-c3cccnc3N)nc3ccc(-c4ccccc4)nc32)cc1.Cc1cc(=O)n(-c2cccc(C=O)c2)[nH]1.S. The molecule has 11 heteroatoms. The van der Waals surface area contributed by atoms with E-state index in [4.69, 9.17) is 15.7 Å². The summed E-state index contributed by atoms with van der Waals surface area (Å²) in [5, 5.41) is 6.08. The predicted molar refractivity (Wildman–Crippen MR) is 192 cm³/mol. The van der Waals surface area contributed by atoms with Crippen LogP contribution in [-0.4, -0.2) is 42.6 Å². The fourth-order valence-electron chi connectivity index (χ4n) is 5.17. The number of nitrogens with one attached hydrogen (secondary N) is 2. The van der Waals surface area contributed by atoms with E-state index in [9.17, 15) is 9.59 Å². The maximum Gasteiger partial charge on any atom is 0.271 e. The molecule has 236 valence electrons. The number of nitrogen functional groups attached to an aromatic ring is 1. The van der Waals surface area contributed by atoms with Crippen molar-refractivity contribution in [1.82, 2.24) is 34.6 Å². The number of fused-ring (bicyclic) bond motifs is 1. The summed E-state index contributed by atoms with van der Waals surface area (Å²) >= 11 is 0. The number of rotatable bonds is 7. The van der Waals surface area contributed by atoms with Crippen LogP contribution in [0.15, 0.2) is 120 Å². The van der Waals surface area contributed by atoms with E-state index < -0.39 is 0 Å². The average Bonchev–Trinajstić information content (AvgIpc) is 3.64. The Morgan fingerprint density at radius 1 is 0.872 bits per heavy atom. The van der Waals surface area contributed by atoms with Gasteiger partial charge in [0.1, 0.15) is 17.6 Å². The van der Waals surface area contributed by atoms with Crippen LogP contribution in [0.4, 0.5) is 5.82 Å². The highest BCUT2D eigenvalue weighted by molar-refractivity contribution is 7.59. The van der Waals surface area contributed by atoms with Gasteiger partial charge in [-0.05, 0) is 68.1 Å². The molecule has 0 radical (unpaired) electrons. The molecule has 0 fully saturated rings. The Bertz CT molecular complexity index is 2190. The number of hydrogen-bond donors (Lipinski definition) is 3. The number of aromatic nitrogens is 6. The molecule has 0 saturated carbocycles. The van der Waals surface area contributed by atoms with Gasteiger partial charge in [0.05, 0.1) is 16.9 Å². The molecule has 0 amide bonds. The number of aryl methyl sites for hydroxylation is 1. The second-order valence-corrected chi connectivity index (χ2v) is 10.6. The monoisotopic (exact) mass is 642 g/mol. The Kier molecular flexibility index (Phi) is 10.1. The highest BCUT2D eigenvalue weighted by atomic mass is 32.1. The van der Waals surface area contributed by atoms with Gasteiger partial charge in [-0.25, -0.2) is 19.6 Å². The van der Waals surface area contributed by atoms with Crippen molar-refractivity contribution in [2.75, 3.05) is 12.8 Å². The predicted octanol–water partition coefficient (Wildman–Crippen LogP) is 5.85. The molecule has 7 rings (SSSR count). The van der Waals surface area contributed by atoms with Gasteiger partial charge in [-0.2, -0.15) is 13.5 Å². The Balaban J connectivity index is 0.000000228. The number of carbonyl (C=O) groups excluding carboxylic acids is 1. The highest BCUT2D eigenvalue weighted by Gasteiger charge is 2.18. The van der Waals surface area contributed by atoms with E-state index in [1.807, 2.05) is 56.4 Å². The summed E-state index contributed by atoms with van der Waals surface area (Å²) in [6.07, 6.45) is 2.44. The van der Waals surface area contributed by atoms with Crippen molar-refractivity contribution >= 4 is 36.8 Å². The van der Waals surface area contributed by atoms with Crippen molar-refractivity contribution in [3.8, 4) is 34.0 Å². The summed E-state index contributed by atoms with van der Waals surface area (Å²) in [4.78, 5) is 36.2. The van der Waals surface area contributed by atoms with E-state index in [1.165, 1.54) is 16.3 Å². The van der Waals surface area contributed by atoms with Crippen LogP contribution in [0.25, 0.3) is 45.2 Å². The lowest BCUT2D eigenvalue weighted by molar-refractivity contribution is 0.112. The van der Waals surface area contributed by atoms with Gasteiger partial charge in [0.2, 0.25) is 0 Å². The number of hydrogen-bond acceptors (Lipinski definition) is 7. The van der Waals surface area contributed by atoms with Gasteiger partial charge in [-0.15, -0.1) is 0 Å². The third kappa shape index (κ3) is 7.06. The molecule has 4 aromatic heterocycles. The van der Waals surface area contributed by atoms with Gasteiger partial charge in [0, 0.05) is 41.3 Å². The van der Waals surface area contributed by atoms with E-state index in [-0.39, 0.29) is 19.1 Å². The molecule has 47 heavy (non-hydrogen) atoms. The average molecular weight is 643 g/mol. The summed E-state index contributed by atoms with van der Waals surface area (Å²) in [5.74, 6) is 1.16. The molecule has 0 aliphatic heterocycles. The lowest BCUT2D eigenvalue weighted by Gasteiger charge is -2.11. The number of imidazole rings is 1. The van der Waals surface area contributed by atoms with Crippen LogP contribution < -0.4 is 16.6 Å². The fraction of sp³-hybridized carbons (Fsp3) is 0.0833. The smallest absolute Gasteiger partial charge is 0.271 e. The van der Waals surface area contributed by atoms with Crippen LogP contribution in [0.3, 0.4) is 0 Å². The van der Waals surface area contributed by atoms with Crippen molar-refractivity contribution in [3.05, 3.63) is 143 Å². The van der Waals surface area contributed by atoms with Crippen LogP contribution in [0, 0.1) is 6.92 Å². The molecule has 0 bridgehead atoms. The second kappa shape index (κ2) is 14.5. The number of aromatic amines is 1. The molecular weight excluding hydrogens is 609 g/mol. The molecule has 0 atom stereocenters. The fourth-order valence-corrected chi connectivity index (χ4v) is 5.17. The normalized spacial score (nSPS) is 10.6. The first kappa shape index (κ1) is 32.6. The van der Waals surface area contributed by atoms with E-state index >= 15 is 0 Å². The van der Waals surface area contributed by atoms with Gasteiger partial charge in [0.25, 0.3) is 5.56 Å². The van der Waals surface area contributed by atoms with Crippen molar-refractivity contribution < 1.29 is 4.79 Å². The highest BCUT2D eigenvalue weighted by Crippen LogP contribution is 2.31. The largest absolute Gasteiger partial charge is 0.383 e. The molecule has 0 aliphatic carbocycles. The summed E-state index contributed by atoms with van der Waals surface area (Å²) in [5.41, 5.74) is 14.6. The zero-order chi connectivity index (χ0) is 32.0. The van der Waals surface area contributed by atoms with Gasteiger partial charge in [0.15, 0.2) is 11.5 Å². The lowest BCUT2D eigenvalue weighted by Crippen LogP contribution is -2.13.